The summed E-state index contributed by atoms with van der Waals surface area (Å²) in [6.07, 6.45) is 1.67. The van der Waals surface area contributed by atoms with Gasteiger partial charge in [-0.1, -0.05) is 35.3 Å². The zero-order chi connectivity index (χ0) is 18.7. The van der Waals surface area contributed by atoms with Gasteiger partial charge in [-0.25, -0.2) is 9.37 Å². The number of aryl methyl sites for hydroxylation is 1. The largest absolute Gasteiger partial charge is 0.350 e. The first-order valence-corrected chi connectivity index (χ1v) is 9.07. The van der Waals surface area contributed by atoms with E-state index in [9.17, 15) is 9.18 Å². The van der Waals surface area contributed by atoms with Gasteiger partial charge in [0.05, 0.1) is 22.1 Å². The average Bonchev–Trinajstić information content (AvgIpc) is 3.00. The van der Waals surface area contributed by atoms with Crippen molar-refractivity contribution in [2.45, 2.75) is 32.2 Å². The highest BCUT2D eigenvalue weighted by molar-refractivity contribution is 6.35. The molecule has 3 aromatic rings. The number of amides is 1. The molecule has 2 N–H and O–H groups in total. The normalized spacial score (nSPS) is 12.3. The fourth-order valence-corrected chi connectivity index (χ4v) is 3.35. The molecule has 1 amide bonds. The van der Waals surface area contributed by atoms with Gasteiger partial charge in [-0.05, 0) is 43.2 Å². The van der Waals surface area contributed by atoms with Crippen LogP contribution in [0.5, 0.6) is 0 Å². The molecule has 0 saturated carbocycles. The van der Waals surface area contributed by atoms with Gasteiger partial charge < -0.3 is 10.3 Å². The highest BCUT2D eigenvalue weighted by atomic mass is 35.5. The van der Waals surface area contributed by atoms with Gasteiger partial charge in [0.2, 0.25) is 5.91 Å². The van der Waals surface area contributed by atoms with Crippen molar-refractivity contribution in [1.29, 1.82) is 0 Å². The third kappa shape index (κ3) is 4.34. The van der Waals surface area contributed by atoms with Gasteiger partial charge >= 0.3 is 0 Å². The minimum atomic E-state index is -0.558. The molecule has 0 aliphatic rings. The molecule has 2 aromatic carbocycles. The number of carbonyl (C=O) groups is 1. The van der Waals surface area contributed by atoms with Gasteiger partial charge in [-0.3, -0.25) is 4.79 Å². The minimum absolute atomic E-state index is 0.0388. The summed E-state index contributed by atoms with van der Waals surface area (Å²) in [5.74, 6) is 0.173. The molecule has 1 aromatic heterocycles. The Hall–Kier alpha value is -2.11. The van der Waals surface area contributed by atoms with Gasteiger partial charge in [0, 0.05) is 17.9 Å². The molecule has 0 aliphatic carbocycles. The lowest BCUT2D eigenvalue weighted by molar-refractivity contribution is -0.121. The third-order valence-electron chi connectivity index (χ3n) is 4.14. The molecule has 0 radical (unpaired) electrons. The van der Waals surface area contributed by atoms with Crippen LogP contribution in [0.4, 0.5) is 4.39 Å². The number of carbonyl (C=O) groups excluding carboxylic acids is 1. The van der Waals surface area contributed by atoms with Crippen LogP contribution >= 0.6 is 23.2 Å². The third-order valence-corrected chi connectivity index (χ3v) is 4.76. The number of halogens is 3. The van der Waals surface area contributed by atoms with E-state index in [0.717, 1.165) is 16.9 Å². The van der Waals surface area contributed by atoms with Crippen molar-refractivity contribution >= 4 is 40.1 Å². The Morgan fingerprint density at radius 1 is 1.27 bits per heavy atom. The zero-order valence-electron chi connectivity index (χ0n) is 14.2. The standard InChI is InChI=1S/C19H18Cl2FN3O/c1-11(12-9-15(22)14(21)10-13(12)20)23-19(26)8-4-7-18-24-16-5-2-3-6-17(16)25-18/h2-3,5-6,9-11H,4,7-8H2,1H3,(H,23,26)(H,24,25). The summed E-state index contributed by atoms with van der Waals surface area (Å²) >= 11 is 11.8. The van der Waals surface area contributed by atoms with Crippen LogP contribution in [0.2, 0.25) is 10.0 Å². The van der Waals surface area contributed by atoms with Gasteiger partial charge in [0.1, 0.15) is 11.6 Å². The van der Waals surface area contributed by atoms with Crippen LogP contribution in [0.15, 0.2) is 36.4 Å². The number of fused-ring (bicyclic) bond motifs is 1. The van der Waals surface area contributed by atoms with Gasteiger partial charge in [-0.2, -0.15) is 0 Å². The number of para-hydroxylation sites is 2. The molecule has 1 atom stereocenters. The van der Waals surface area contributed by atoms with Gasteiger partial charge in [0.25, 0.3) is 0 Å². The number of nitrogens with zero attached hydrogens (tertiary/aromatic N) is 1. The van der Waals surface area contributed by atoms with Crippen molar-refractivity contribution in [3.05, 3.63) is 63.6 Å². The van der Waals surface area contributed by atoms with Crippen LogP contribution < -0.4 is 5.32 Å². The van der Waals surface area contributed by atoms with Crippen LogP contribution in [0.1, 0.15) is 37.2 Å². The highest BCUT2D eigenvalue weighted by Gasteiger charge is 2.15. The Kier molecular flexibility index (Phi) is 5.79. The molecule has 136 valence electrons. The van der Waals surface area contributed by atoms with E-state index in [0.29, 0.717) is 29.8 Å². The van der Waals surface area contributed by atoms with Gasteiger partial charge in [0.15, 0.2) is 0 Å². The van der Waals surface area contributed by atoms with Crippen molar-refractivity contribution in [3.8, 4) is 0 Å². The fourth-order valence-electron chi connectivity index (χ4n) is 2.80. The van der Waals surface area contributed by atoms with E-state index in [-0.39, 0.29) is 10.9 Å². The molecule has 0 saturated heterocycles. The lowest BCUT2D eigenvalue weighted by atomic mass is 10.1. The number of benzene rings is 2. The maximum atomic E-state index is 13.6. The Balaban J connectivity index is 1.53. The highest BCUT2D eigenvalue weighted by Crippen LogP contribution is 2.28. The molecule has 4 nitrogen and oxygen atoms in total. The molecule has 3 rings (SSSR count). The maximum absolute atomic E-state index is 13.6. The lowest BCUT2D eigenvalue weighted by Crippen LogP contribution is -2.26. The van der Waals surface area contributed by atoms with E-state index >= 15 is 0 Å². The van der Waals surface area contributed by atoms with Crippen LogP contribution in [-0.2, 0) is 11.2 Å². The summed E-state index contributed by atoms with van der Waals surface area (Å²) < 4.78 is 13.6. The fraction of sp³-hybridized carbons (Fsp3) is 0.263. The number of imidazole rings is 1. The number of aromatic amines is 1. The molecule has 0 fully saturated rings. The van der Waals surface area contributed by atoms with Crippen molar-refractivity contribution < 1.29 is 9.18 Å². The van der Waals surface area contributed by atoms with Gasteiger partial charge in [-0.15, -0.1) is 0 Å². The zero-order valence-corrected chi connectivity index (χ0v) is 15.7. The van der Waals surface area contributed by atoms with Crippen LogP contribution in [0.3, 0.4) is 0 Å². The van der Waals surface area contributed by atoms with Crippen LogP contribution in [0, 0.1) is 5.82 Å². The first kappa shape index (κ1) is 18.7. The topological polar surface area (TPSA) is 57.8 Å². The van der Waals surface area contributed by atoms with E-state index in [2.05, 4.69) is 15.3 Å². The predicted molar refractivity (Wildman–Crippen MR) is 102 cm³/mol. The number of rotatable bonds is 6. The van der Waals surface area contributed by atoms with E-state index in [1.165, 1.54) is 12.1 Å². The number of hydrogen-bond acceptors (Lipinski definition) is 2. The molecule has 0 spiro atoms. The summed E-state index contributed by atoms with van der Waals surface area (Å²) in [5, 5.41) is 3.12. The molecule has 1 heterocycles. The van der Waals surface area contributed by atoms with Crippen molar-refractivity contribution in [3.63, 3.8) is 0 Å². The molecule has 26 heavy (non-hydrogen) atoms. The maximum Gasteiger partial charge on any atom is 0.220 e. The summed E-state index contributed by atoms with van der Waals surface area (Å²) in [4.78, 5) is 19.9. The van der Waals surface area contributed by atoms with Crippen molar-refractivity contribution in [2.24, 2.45) is 0 Å². The average molecular weight is 394 g/mol. The van der Waals surface area contributed by atoms with E-state index in [4.69, 9.17) is 23.2 Å². The molecule has 0 aliphatic heterocycles. The second kappa shape index (κ2) is 8.06. The number of H-pyrrole nitrogens is 1. The predicted octanol–water partition coefficient (Wildman–Crippen LogP) is 5.21. The number of nitrogens with one attached hydrogen (secondary N) is 2. The Morgan fingerprint density at radius 3 is 2.81 bits per heavy atom. The molecular formula is C19H18Cl2FN3O. The van der Waals surface area contributed by atoms with E-state index in [1.807, 2.05) is 24.3 Å². The summed E-state index contributed by atoms with van der Waals surface area (Å²) in [5.41, 5.74) is 2.40. The monoisotopic (exact) mass is 393 g/mol. The molecule has 1 unspecified atom stereocenters. The Morgan fingerprint density at radius 2 is 2.04 bits per heavy atom. The molecular weight excluding hydrogens is 376 g/mol. The second-order valence-electron chi connectivity index (χ2n) is 6.13. The SMILES string of the molecule is CC(NC(=O)CCCc1nc2ccccc2[nH]1)c1cc(F)c(Cl)cc1Cl. The Bertz CT molecular complexity index is 909. The smallest absolute Gasteiger partial charge is 0.220 e. The van der Waals surface area contributed by atoms with Crippen molar-refractivity contribution in [1.82, 2.24) is 15.3 Å². The summed E-state index contributed by atoms with van der Waals surface area (Å²) in [6, 6.07) is 9.99. The van der Waals surface area contributed by atoms with E-state index < -0.39 is 11.9 Å². The summed E-state index contributed by atoms with van der Waals surface area (Å²) in [7, 11) is 0. The first-order chi connectivity index (χ1) is 12.4. The first-order valence-electron chi connectivity index (χ1n) is 8.31. The minimum Gasteiger partial charge on any atom is -0.350 e. The quantitative estimate of drug-likeness (QED) is 0.564. The summed E-state index contributed by atoms with van der Waals surface area (Å²) in [6.45, 7) is 1.76. The lowest BCUT2D eigenvalue weighted by Gasteiger charge is -2.16. The molecule has 0 bridgehead atoms. The van der Waals surface area contributed by atoms with E-state index in [1.54, 1.807) is 6.92 Å². The Labute approximate surface area is 160 Å². The number of hydrogen-bond donors (Lipinski definition) is 2. The molecule has 7 heteroatoms. The van der Waals surface area contributed by atoms with Crippen LogP contribution in [-0.4, -0.2) is 15.9 Å². The number of aromatic nitrogens is 2. The van der Waals surface area contributed by atoms with Crippen molar-refractivity contribution in [2.75, 3.05) is 0 Å². The van der Waals surface area contributed by atoms with Crippen LogP contribution in [0.25, 0.3) is 11.0 Å². The second-order valence-corrected chi connectivity index (χ2v) is 6.95.